The number of thiophene rings is 1. The van der Waals surface area contributed by atoms with Gasteiger partial charge in [0.05, 0.1) is 50.8 Å². The third kappa shape index (κ3) is 9.70. The van der Waals surface area contributed by atoms with Gasteiger partial charge in [0.1, 0.15) is 22.0 Å². The first kappa shape index (κ1) is 30.6. The van der Waals surface area contributed by atoms with E-state index in [0.29, 0.717) is 35.2 Å². The van der Waals surface area contributed by atoms with E-state index in [2.05, 4.69) is 36.0 Å². The van der Waals surface area contributed by atoms with Crippen molar-refractivity contribution < 1.29 is 26.6 Å². The van der Waals surface area contributed by atoms with Crippen molar-refractivity contribution >= 4 is 38.1 Å². The van der Waals surface area contributed by atoms with E-state index >= 15 is 0 Å². The van der Waals surface area contributed by atoms with Gasteiger partial charge in [0.2, 0.25) is 0 Å². The van der Waals surface area contributed by atoms with Crippen molar-refractivity contribution in [3.05, 3.63) is 50.2 Å². The molecule has 14 nitrogen and oxygen atoms in total. The van der Waals surface area contributed by atoms with Gasteiger partial charge >= 0.3 is 10.4 Å². The maximum absolute atomic E-state index is 10.4. The molecule has 0 atom stereocenters. The topological polar surface area (TPSA) is 206 Å². The van der Waals surface area contributed by atoms with Gasteiger partial charge in [-0.05, 0) is 43.1 Å². The van der Waals surface area contributed by atoms with Gasteiger partial charge in [-0.1, -0.05) is 5.11 Å². The lowest BCUT2D eigenvalue weighted by Crippen LogP contribution is -2.27. The number of anilines is 3. The van der Waals surface area contributed by atoms with Crippen molar-refractivity contribution in [2.45, 2.75) is 20.4 Å². The van der Waals surface area contributed by atoms with Crippen LogP contribution in [0.15, 0.2) is 23.3 Å². The quantitative estimate of drug-likeness (QED) is 0.0630. The van der Waals surface area contributed by atoms with Crippen molar-refractivity contribution in [3.8, 4) is 12.1 Å². The average Bonchev–Trinajstić information content (AvgIpc) is 3.23. The molecule has 0 saturated carbocycles. The number of aryl methyl sites for hydroxylation is 1. The molecule has 0 unspecified atom stereocenters. The minimum Gasteiger partial charge on any atom is -0.377 e. The zero-order chi connectivity index (χ0) is 28.0. The molecule has 0 radical (unpaired) electrons. The van der Waals surface area contributed by atoms with Crippen molar-refractivity contribution in [3.63, 3.8) is 0 Å². The lowest BCUT2D eigenvalue weighted by atomic mass is 10.1. The van der Waals surface area contributed by atoms with Gasteiger partial charge in [0.15, 0.2) is 0 Å². The molecule has 0 aliphatic heterocycles. The summed E-state index contributed by atoms with van der Waals surface area (Å²) >= 11 is 1.11. The average molecular weight is 565 g/mol. The van der Waals surface area contributed by atoms with Crippen molar-refractivity contribution in [2.24, 2.45) is 5.11 Å². The monoisotopic (exact) mass is 564 g/mol. The molecule has 2 aromatic rings. The molecule has 0 bridgehead atoms. The molecular formula is C22H28N8O6S2. The van der Waals surface area contributed by atoms with Crippen molar-refractivity contribution in [1.82, 2.24) is 0 Å². The second-order valence-corrected chi connectivity index (χ2v) is 9.64. The summed E-state index contributed by atoms with van der Waals surface area (Å²) in [5.74, 6) is 0. The molecule has 0 aliphatic carbocycles. The minimum absolute atomic E-state index is 0.0134. The second-order valence-electron chi connectivity index (χ2n) is 7.53. The number of benzene rings is 1. The summed E-state index contributed by atoms with van der Waals surface area (Å²) in [5, 5.41) is 22.9. The first-order valence-electron chi connectivity index (χ1n) is 11.4. The van der Waals surface area contributed by atoms with Crippen LogP contribution in [-0.4, -0.2) is 59.1 Å². The molecule has 204 valence electrons. The Labute approximate surface area is 224 Å². The Hall–Kier alpha value is -3.60. The van der Waals surface area contributed by atoms with Crippen LogP contribution in [0.4, 0.5) is 16.4 Å². The van der Waals surface area contributed by atoms with Gasteiger partial charge in [0.25, 0.3) is 0 Å². The van der Waals surface area contributed by atoms with Crippen LogP contribution in [0.2, 0.25) is 0 Å². The van der Waals surface area contributed by atoms with Crippen LogP contribution in [0.1, 0.15) is 28.5 Å². The van der Waals surface area contributed by atoms with E-state index in [4.69, 9.17) is 19.6 Å². The number of hydrogen-bond acceptors (Lipinski definition) is 12. The molecule has 0 aliphatic rings. The standard InChI is InChI=1S/C22H28N8O6S2/c1-3-30(6-7-34-8-9-35-10-11-36-38(31,32)33)17-4-5-20(16(2)12-17)27-28-22-18(13-23)19(15-26-29-25)21(14-24)37-22/h4-5,12,27-28H,3,6-11,15H2,1-2H3,(H,31,32,33). The number of nitrogens with one attached hydrogen (secondary N) is 2. The molecule has 1 heterocycles. The number of ether oxygens (including phenoxy) is 2. The summed E-state index contributed by atoms with van der Waals surface area (Å²) in [5.41, 5.74) is 18.0. The third-order valence-electron chi connectivity index (χ3n) is 5.12. The van der Waals surface area contributed by atoms with E-state index in [1.54, 1.807) is 0 Å². The van der Waals surface area contributed by atoms with E-state index in [9.17, 15) is 18.9 Å². The summed E-state index contributed by atoms with van der Waals surface area (Å²) in [4.78, 5) is 5.15. The Balaban J connectivity index is 1.87. The minimum atomic E-state index is -4.45. The summed E-state index contributed by atoms with van der Waals surface area (Å²) in [6.07, 6.45) is 0. The van der Waals surface area contributed by atoms with Gasteiger partial charge in [-0.2, -0.15) is 18.9 Å². The molecule has 0 fully saturated rings. The van der Waals surface area contributed by atoms with Gasteiger partial charge < -0.3 is 14.4 Å². The van der Waals surface area contributed by atoms with Crippen LogP contribution < -0.4 is 15.8 Å². The van der Waals surface area contributed by atoms with Gasteiger partial charge in [0, 0.05) is 29.3 Å². The van der Waals surface area contributed by atoms with Crippen LogP contribution in [-0.2, 0) is 30.6 Å². The van der Waals surface area contributed by atoms with Crippen LogP contribution in [0.3, 0.4) is 0 Å². The first-order chi connectivity index (χ1) is 18.2. The SMILES string of the molecule is CCN(CCOCCOCCOS(=O)(=O)O)c1ccc(NNc2sc(C#N)c(CN=[N+]=[N-])c2C#N)c(C)c1. The zero-order valence-corrected chi connectivity index (χ0v) is 22.5. The van der Waals surface area contributed by atoms with Crippen molar-refractivity contribution in [1.29, 1.82) is 10.5 Å². The normalized spacial score (nSPS) is 10.8. The maximum Gasteiger partial charge on any atom is 0.397 e. The van der Waals surface area contributed by atoms with Gasteiger partial charge in [-0.3, -0.25) is 15.4 Å². The summed E-state index contributed by atoms with van der Waals surface area (Å²) in [6.45, 7) is 6.06. The van der Waals surface area contributed by atoms with Gasteiger partial charge in [-0.25, -0.2) is 4.18 Å². The van der Waals surface area contributed by atoms with E-state index < -0.39 is 10.4 Å². The highest BCUT2D eigenvalue weighted by Gasteiger charge is 2.18. The van der Waals surface area contributed by atoms with Crippen LogP contribution >= 0.6 is 11.3 Å². The molecule has 0 amide bonds. The highest BCUT2D eigenvalue weighted by atomic mass is 32.3. The third-order valence-corrected chi connectivity index (χ3v) is 6.63. The fraction of sp³-hybridized carbons (Fsp3) is 0.455. The van der Waals surface area contributed by atoms with Gasteiger partial charge in [-0.15, -0.1) is 11.3 Å². The van der Waals surface area contributed by atoms with Crippen LogP contribution in [0.5, 0.6) is 0 Å². The number of hydrazine groups is 1. The number of azide groups is 1. The predicted octanol–water partition coefficient (Wildman–Crippen LogP) is 3.73. The fourth-order valence-corrected chi connectivity index (χ4v) is 4.48. The Kier molecular flexibility index (Phi) is 12.6. The smallest absolute Gasteiger partial charge is 0.377 e. The highest BCUT2D eigenvalue weighted by Crippen LogP contribution is 2.33. The maximum atomic E-state index is 10.4. The number of nitriles is 2. The molecule has 1 aromatic carbocycles. The summed E-state index contributed by atoms with van der Waals surface area (Å²) < 4.78 is 44.2. The Morgan fingerprint density at radius 1 is 1.16 bits per heavy atom. The van der Waals surface area contributed by atoms with E-state index in [-0.39, 0.29) is 31.9 Å². The molecular weight excluding hydrogens is 536 g/mol. The molecule has 0 spiro atoms. The number of rotatable bonds is 17. The second kappa shape index (κ2) is 15.6. The van der Waals surface area contributed by atoms with E-state index in [0.717, 1.165) is 34.8 Å². The molecule has 1 aromatic heterocycles. The highest BCUT2D eigenvalue weighted by molar-refractivity contribution is 7.80. The molecule has 0 saturated heterocycles. The first-order valence-corrected chi connectivity index (χ1v) is 13.5. The van der Waals surface area contributed by atoms with Crippen LogP contribution in [0, 0.1) is 29.6 Å². The number of nitrogens with zero attached hydrogens (tertiary/aromatic N) is 6. The Morgan fingerprint density at radius 3 is 2.47 bits per heavy atom. The summed E-state index contributed by atoms with van der Waals surface area (Å²) in [6, 6.07) is 9.97. The van der Waals surface area contributed by atoms with E-state index in [1.165, 1.54) is 0 Å². The molecule has 38 heavy (non-hydrogen) atoms. The molecule has 2 rings (SSSR count). The lowest BCUT2D eigenvalue weighted by molar-refractivity contribution is 0.0378. The largest absolute Gasteiger partial charge is 0.397 e. The van der Waals surface area contributed by atoms with Crippen LogP contribution in [0.25, 0.3) is 10.4 Å². The lowest BCUT2D eigenvalue weighted by Gasteiger charge is -2.24. The Morgan fingerprint density at radius 2 is 1.87 bits per heavy atom. The number of hydrogen-bond donors (Lipinski definition) is 3. The Bertz CT molecular complexity index is 1310. The molecule has 3 N–H and O–H groups in total. The van der Waals surface area contributed by atoms with E-state index in [1.807, 2.05) is 38.1 Å². The zero-order valence-electron chi connectivity index (χ0n) is 20.9. The number of likely N-dealkylation sites (N-methyl/N-ethyl adjacent to an activating group) is 1. The molecule has 16 heteroatoms. The van der Waals surface area contributed by atoms with Crippen molar-refractivity contribution in [2.75, 3.05) is 61.9 Å². The fourth-order valence-electron chi connectivity index (χ4n) is 3.29. The summed E-state index contributed by atoms with van der Waals surface area (Å²) in [7, 11) is -4.45. The predicted molar refractivity (Wildman–Crippen MR) is 142 cm³/mol.